The molecule has 0 heterocycles. The Kier molecular flexibility index (Phi) is 6.54. The van der Waals surface area contributed by atoms with Gasteiger partial charge in [0.25, 0.3) is 0 Å². The van der Waals surface area contributed by atoms with Crippen LogP contribution in [0.3, 0.4) is 0 Å². The summed E-state index contributed by atoms with van der Waals surface area (Å²) >= 11 is 5.11. The summed E-state index contributed by atoms with van der Waals surface area (Å²) < 4.78 is 5.99. The lowest BCUT2D eigenvalue weighted by Gasteiger charge is -2.48. The fourth-order valence-electron chi connectivity index (χ4n) is 2.16. The third kappa shape index (κ3) is 4.41. The van der Waals surface area contributed by atoms with Gasteiger partial charge in [0.15, 0.2) is 0 Å². The maximum atomic E-state index is 5.88. The van der Waals surface area contributed by atoms with Crippen LogP contribution >= 0.6 is 12.6 Å². The van der Waals surface area contributed by atoms with E-state index in [4.69, 9.17) is 17.1 Å². The third-order valence-electron chi connectivity index (χ3n) is 4.61. The first kappa shape index (κ1) is 17.7. The molecule has 0 unspecified atom stereocenters. The van der Waals surface area contributed by atoms with Crippen molar-refractivity contribution in [2.75, 3.05) is 0 Å². The Balaban J connectivity index is 5.10. The van der Waals surface area contributed by atoms with Crippen LogP contribution in [0, 0.1) is 5.92 Å². The van der Waals surface area contributed by atoms with Gasteiger partial charge in [-0.3, -0.25) is 0 Å². The van der Waals surface area contributed by atoms with Crippen molar-refractivity contribution in [3.05, 3.63) is 0 Å². The van der Waals surface area contributed by atoms with Crippen LogP contribution in [0.15, 0.2) is 0 Å². The minimum atomic E-state index is -0.355. The Labute approximate surface area is 119 Å². The molecule has 0 spiro atoms. The highest BCUT2D eigenvalue weighted by Gasteiger charge is 2.45. The number of thiol groups is 1. The van der Waals surface area contributed by atoms with Gasteiger partial charge in [-0.15, -0.1) is 0 Å². The Bertz CT molecular complexity index is 242. The average molecular weight is 293 g/mol. The van der Waals surface area contributed by atoms with Crippen molar-refractivity contribution in [3.8, 4) is 0 Å². The fraction of sp³-hybridized carbons (Fsp3) is 1.00. The molecule has 0 aliphatic rings. The molecule has 0 rings (SSSR count). The predicted molar refractivity (Wildman–Crippen MR) is 89.2 cm³/mol. The molecule has 0 N–H and O–H groups in total. The van der Waals surface area contributed by atoms with Gasteiger partial charge >= 0.3 is 0 Å². The highest BCUT2D eigenvalue weighted by molar-refractivity contribution is 7.83. The zero-order chi connectivity index (χ0) is 13.9. The SMILES string of the molecule is CCC[C@@](S)([SiH2]C(C)(C)C(C)C)C(C)(C)O[SiH3]. The molecule has 4 heteroatoms. The summed E-state index contributed by atoms with van der Waals surface area (Å²) in [6, 6.07) is 0. The molecule has 0 saturated heterocycles. The van der Waals surface area contributed by atoms with E-state index in [0.29, 0.717) is 5.04 Å². The molecule has 1 nitrogen and oxygen atoms in total. The fourth-order valence-corrected chi connectivity index (χ4v) is 7.57. The summed E-state index contributed by atoms with van der Waals surface area (Å²) in [6.45, 7) is 16.2. The van der Waals surface area contributed by atoms with Gasteiger partial charge in [-0.2, -0.15) is 12.6 Å². The van der Waals surface area contributed by atoms with Crippen molar-refractivity contribution in [2.24, 2.45) is 5.92 Å². The van der Waals surface area contributed by atoms with Crippen molar-refractivity contribution in [1.82, 2.24) is 0 Å². The van der Waals surface area contributed by atoms with E-state index in [1.165, 1.54) is 12.8 Å². The molecule has 0 bridgehead atoms. The van der Waals surface area contributed by atoms with Crippen molar-refractivity contribution in [1.29, 1.82) is 0 Å². The van der Waals surface area contributed by atoms with E-state index < -0.39 is 0 Å². The minimum absolute atomic E-state index is 0.0727. The van der Waals surface area contributed by atoms with E-state index in [1.807, 2.05) is 0 Å². The van der Waals surface area contributed by atoms with Crippen molar-refractivity contribution >= 4 is 32.6 Å². The highest BCUT2D eigenvalue weighted by Crippen LogP contribution is 2.44. The van der Waals surface area contributed by atoms with Crippen LogP contribution in [0.2, 0.25) is 5.04 Å². The summed E-state index contributed by atoms with van der Waals surface area (Å²) in [5, 5.41) is 0.439. The van der Waals surface area contributed by atoms with Crippen LogP contribution in [-0.4, -0.2) is 30.0 Å². The maximum Gasteiger partial charge on any atom is 0.146 e. The Morgan fingerprint density at radius 3 is 2.00 bits per heavy atom. The zero-order valence-corrected chi connectivity index (χ0v) is 17.4. The van der Waals surface area contributed by atoms with Gasteiger partial charge in [0.05, 0.1) is 5.60 Å². The number of hydrogen-bond donors (Lipinski definition) is 1. The molecule has 1 atom stereocenters. The summed E-state index contributed by atoms with van der Waals surface area (Å²) in [4.78, 5) is 0. The van der Waals surface area contributed by atoms with Crippen LogP contribution in [-0.2, 0) is 4.43 Å². The second-order valence-corrected chi connectivity index (χ2v) is 12.1. The predicted octanol–water partition coefficient (Wildman–Crippen LogP) is 2.51. The molecule has 0 aromatic heterocycles. The van der Waals surface area contributed by atoms with Crippen LogP contribution in [0.4, 0.5) is 0 Å². The van der Waals surface area contributed by atoms with Crippen molar-refractivity contribution in [2.45, 2.75) is 76.3 Å². The molecular weight excluding hydrogens is 260 g/mol. The third-order valence-corrected chi connectivity index (χ3v) is 10.4. The van der Waals surface area contributed by atoms with E-state index in [2.05, 4.69) is 48.5 Å². The van der Waals surface area contributed by atoms with Gasteiger partial charge < -0.3 is 4.43 Å². The monoisotopic (exact) mass is 292 g/mol. The van der Waals surface area contributed by atoms with Crippen molar-refractivity contribution < 1.29 is 4.43 Å². The maximum absolute atomic E-state index is 5.88. The molecule has 0 saturated carbocycles. The van der Waals surface area contributed by atoms with E-state index in [-0.39, 0.29) is 19.5 Å². The molecule has 0 aromatic carbocycles. The molecular formula is C13H32OSSi2. The van der Waals surface area contributed by atoms with Gasteiger partial charge in [-0.1, -0.05) is 41.0 Å². The molecule has 0 radical (unpaired) electrons. The standard InChI is InChI=1S/C13H32OSSi2/c1-8-9-13(15,12(6,7)14-16)17-11(4,5)10(2)3/h10,15H,8-9,17H2,1-7,16H3/t13-/m1/s1. The van der Waals surface area contributed by atoms with E-state index in [0.717, 1.165) is 16.4 Å². The summed E-state index contributed by atoms with van der Waals surface area (Å²) in [5.74, 6) is 0.724. The van der Waals surface area contributed by atoms with Crippen LogP contribution in [0.1, 0.15) is 61.3 Å². The molecule has 0 amide bonds. The lowest BCUT2D eigenvalue weighted by atomic mass is 9.98. The van der Waals surface area contributed by atoms with Crippen molar-refractivity contribution in [3.63, 3.8) is 0 Å². The number of rotatable bonds is 7. The summed E-state index contributed by atoms with van der Waals surface area (Å²) in [7, 11) is 0.441. The Morgan fingerprint density at radius 2 is 1.71 bits per heavy atom. The molecule has 0 aromatic rings. The van der Waals surface area contributed by atoms with Gasteiger partial charge in [0, 0.05) is 13.9 Å². The quantitative estimate of drug-likeness (QED) is 0.560. The van der Waals surface area contributed by atoms with Gasteiger partial charge in [0.2, 0.25) is 0 Å². The second kappa shape index (κ2) is 6.26. The summed E-state index contributed by atoms with van der Waals surface area (Å²) in [6.07, 6.45) is 2.37. The van der Waals surface area contributed by atoms with Gasteiger partial charge in [-0.05, 0) is 31.2 Å². The average Bonchev–Trinajstić information content (AvgIpc) is 2.16. The molecule has 0 aliphatic heterocycles. The first-order valence-corrected chi connectivity index (χ1v) is 9.48. The van der Waals surface area contributed by atoms with Crippen LogP contribution < -0.4 is 0 Å². The molecule has 17 heavy (non-hydrogen) atoms. The van der Waals surface area contributed by atoms with E-state index in [9.17, 15) is 0 Å². The number of hydrogen-bond acceptors (Lipinski definition) is 2. The first-order chi connectivity index (χ1) is 7.52. The van der Waals surface area contributed by atoms with Gasteiger partial charge in [0.1, 0.15) is 10.5 Å². The normalized spacial score (nSPS) is 18.2. The van der Waals surface area contributed by atoms with E-state index in [1.54, 1.807) is 0 Å². The molecule has 0 aliphatic carbocycles. The Hall–Kier alpha value is 0.744. The topological polar surface area (TPSA) is 9.23 Å². The lowest BCUT2D eigenvalue weighted by molar-refractivity contribution is 0.0992. The van der Waals surface area contributed by atoms with E-state index >= 15 is 0 Å². The first-order valence-electron chi connectivity index (χ1n) is 6.80. The zero-order valence-electron chi connectivity index (χ0n) is 13.1. The second-order valence-electron chi connectivity index (χ2n) is 6.82. The smallest absolute Gasteiger partial charge is 0.146 e. The van der Waals surface area contributed by atoms with Crippen LogP contribution in [0.25, 0.3) is 0 Å². The van der Waals surface area contributed by atoms with Crippen LogP contribution in [0.5, 0.6) is 0 Å². The largest absolute Gasteiger partial charge is 0.422 e. The highest BCUT2D eigenvalue weighted by atomic mass is 32.1. The molecule has 104 valence electrons. The lowest BCUT2D eigenvalue weighted by Crippen LogP contribution is -2.54. The van der Waals surface area contributed by atoms with Gasteiger partial charge in [-0.25, -0.2) is 0 Å². The molecule has 0 fully saturated rings. The Morgan fingerprint density at radius 1 is 1.24 bits per heavy atom. The summed E-state index contributed by atoms with van der Waals surface area (Å²) in [5.41, 5.74) is -0.0727. The minimum Gasteiger partial charge on any atom is -0.422 e.